The highest BCUT2D eigenvalue weighted by atomic mass is 35.5. The fourth-order valence-corrected chi connectivity index (χ4v) is 3.31. The van der Waals surface area contributed by atoms with Gasteiger partial charge in [0.25, 0.3) is 5.24 Å². The Morgan fingerprint density at radius 3 is 2.81 bits per heavy atom. The highest BCUT2D eigenvalue weighted by molar-refractivity contribution is 7.98. The molecule has 0 radical (unpaired) electrons. The van der Waals surface area contributed by atoms with Crippen molar-refractivity contribution in [2.75, 3.05) is 7.11 Å². The van der Waals surface area contributed by atoms with E-state index < -0.39 is 5.24 Å². The number of thioether (sulfide) groups is 1. The lowest BCUT2D eigenvalue weighted by molar-refractivity contribution is 0.107. The van der Waals surface area contributed by atoms with Crippen LogP contribution in [0.25, 0.3) is 0 Å². The second-order valence-corrected chi connectivity index (χ2v) is 6.51. The molecule has 26 heavy (non-hydrogen) atoms. The van der Waals surface area contributed by atoms with Gasteiger partial charge in [-0.1, -0.05) is 54.2 Å². The van der Waals surface area contributed by atoms with Gasteiger partial charge in [0.2, 0.25) is 0 Å². The molecule has 3 aromatic rings. The first kappa shape index (κ1) is 18.2. The number of hydrogen-bond acceptors (Lipinski definition) is 6. The first-order valence-corrected chi connectivity index (χ1v) is 9.04. The Morgan fingerprint density at radius 1 is 1.27 bits per heavy atom. The minimum atomic E-state index is -0.664. The van der Waals surface area contributed by atoms with Gasteiger partial charge in [0, 0.05) is 5.75 Å². The summed E-state index contributed by atoms with van der Waals surface area (Å²) in [7, 11) is 1.60. The zero-order chi connectivity index (χ0) is 18.4. The van der Waals surface area contributed by atoms with Crippen LogP contribution in [-0.2, 0) is 5.75 Å². The summed E-state index contributed by atoms with van der Waals surface area (Å²) in [5.74, 6) is 1.36. The predicted molar refractivity (Wildman–Crippen MR) is 102 cm³/mol. The predicted octanol–water partition coefficient (Wildman–Crippen LogP) is 3.84. The molecule has 0 spiro atoms. The summed E-state index contributed by atoms with van der Waals surface area (Å²) in [6.45, 7) is 0. The van der Waals surface area contributed by atoms with Crippen LogP contribution >= 0.6 is 23.4 Å². The van der Waals surface area contributed by atoms with Gasteiger partial charge in [0.1, 0.15) is 5.75 Å². The molecular formula is C18H15ClN4O2S. The largest absolute Gasteiger partial charge is 0.497 e. The Kier molecular flexibility index (Phi) is 6.04. The second kappa shape index (κ2) is 8.64. The number of hydrogen-bond donors (Lipinski definition) is 0. The normalized spacial score (nSPS) is 11.0. The maximum atomic E-state index is 11.6. The highest BCUT2D eigenvalue weighted by Crippen LogP contribution is 2.26. The Morgan fingerprint density at radius 2 is 2.08 bits per heavy atom. The van der Waals surface area contributed by atoms with Gasteiger partial charge >= 0.3 is 0 Å². The lowest BCUT2D eigenvalue weighted by Crippen LogP contribution is -1.98. The van der Waals surface area contributed by atoms with Gasteiger partial charge in [-0.15, -0.1) is 9.89 Å². The lowest BCUT2D eigenvalue weighted by Gasteiger charge is -2.03. The quantitative estimate of drug-likeness (QED) is 0.350. The molecule has 132 valence electrons. The molecule has 0 saturated carbocycles. The third kappa shape index (κ3) is 4.50. The van der Waals surface area contributed by atoms with Crippen LogP contribution in [0, 0.1) is 0 Å². The van der Waals surface area contributed by atoms with Crippen molar-refractivity contribution in [1.29, 1.82) is 0 Å². The van der Waals surface area contributed by atoms with Crippen LogP contribution in [0.1, 0.15) is 21.6 Å². The molecule has 0 N–H and O–H groups in total. The van der Waals surface area contributed by atoms with Crippen LogP contribution in [0.2, 0.25) is 0 Å². The maximum absolute atomic E-state index is 11.6. The fraction of sp³-hybridized carbons (Fsp3) is 0.111. The number of carbonyl (C=O) groups excluding carboxylic acids is 1. The van der Waals surface area contributed by atoms with E-state index in [-0.39, 0.29) is 5.69 Å². The van der Waals surface area contributed by atoms with Crippen molar-refractivity contribution in [2.24, 2.45) is 5.10 Å². The van der Waals surface area contributed by atoms with E-state index in [1.807, 2.05) is 54.6 Å². The number of carbonyl (C=O) groups is 1. The molecule has 0 aliphatic heterocycles. The van der Waals surface area contributed by atoms with Crippen LogP contribution in [0.4, 0.5) is 0 Å². The van der Waals surface area contributed by atoms with Gasteiger partial charge in [-0.3, -0.25) is 4.79 Å². The van der Waals surface area contributed by atoms with E-state index in [0.717, 1.165) is 16.9 Å². The minimum Gasteiger partial charge on any atom is -0.497 e. The standard InChI is InChI=1S/C18H15ClN4O2S/c1-25-15-9-5-8-14(10-15)11-20-23-18(16(17(19)24)21-22-23)26-12-13-6-3-2-4-7-13/h2-11H,12H2,1H3. The average molecular weight is 387 g/mol. The summed E-state index contributed by atoms with van der Waals surface area (Å²) in [6, 6.07) is 17.3. The van der Waals surface area contributed by atoms with Gasteiger partial charge in [-0.2, -0.15) is 5.10 Å². The maximum Gasteiger partial charge on any atom is 0.275 e. The molecule has 0 unspecified atom stereocenters. The Labute approximate surface area is 159 Å². The van der Waals surface area contributed by atoms with Gasteiger partial charge in [0.05, 0.1) is 13.3 Å². The van der Waals surface area contributed by atoms with Gasteiger partial charge in [-0.05, 0) is 40.1 Å². The lowest BCUT2D eigenvalue weighted by atomic mass is 10.2. The van der Waals surface area contributed by atoms with E-state index in [0.29, 0.717) is 10.8 Å². The topological polar surface area (TPSA) is 69.4 Å². The fourth-order valence-electron chi connectivity index (χ4n) is 2.16. The molecule has 0 atom stereocenters. The van der Waals surface area contributed by atoms with E-state index in [4.69, 9.17) is 16.3 Å². The molecule has 8 heteroatoms. The molecule has 0 fully saturated rings. The summed E-state index contributed by atoms with van der Waals surface area (Å²) in [5.41, 5.74) is 2.03. The van der Waals surface area contributed by atoms with Crippen molar-refractivity contribution in [3.63, 3.8) is 0 Å². The molecule has 1 heterocycles. The van der Waals surface area contributed by atoms with Crippen molar-refractivity contribution >= 4 is 34.8 Å². The monoisotopic (exact) mass is 386 g/mol. The first-order valence-electron chi connectivity index (χ1n) is 7.68. The van der Waals surface area contributed by atoms with Crippen molar-refractivity contribution < 1.29 is 9.53 Å². The highest BCUT2D eigenvalue weighted by Gasteiger charge is 2.18. The van der Waals surface area contributed by atoms with Gasteiger partial charge in [-0.25, -0.2) is 0 Å². The summed E-state index contributed by atoms with van der Waals surface area (Å²) in [5, 5.41) is 11.9. The Balaban J connectivity index is 1.84. The molecule has 0 bridgehead atoms. The molecule has 1 aromatic heterocycles. The second-order valence-electron chi connectivity index (χ2n) is 5.20. The van der Waals surface area contributed by atoms with E-state index in [1.54, 1.807) is 13.3 Å². The number of halogens is 1. The van der Waals surface area contributed by atoms with Crippen molar-refractivity contribution in [2.45, 2.75) is 10.8 Å². The Hall–Kier alpha value is -2.64. The van der Waals surface area contributed by atoms with Crippen LogP contribution < -0.4 is 4.74 Å². The average Bonchev–Trinajstić information content (AvgIpc) is 3.09. The number of nitrogens with zero attached hydrogens (tertiary/aromatic N) is 4. The van der Waals surface area contributed by atoms with Crippen molar-refractivity contribution in [3.8, 4) is 5.75 Å². The van der Waals surface area contributed by atoms with Crippen LogP contribution in [-0.4, -0.2) is 33.7 Å². The molecule has 0 amide bonds. The summed E-state index contributed by atoms with van der Waals surface area (Å²) in [4.78, 5) is 12.9. The first-order chi connectivity index (χ1) is 12.7. The van der Waals surface area contributed by atoms with Crippen LogP contribution in [0.5, 0.6) is 5.75 Å². The number of rotatable bonds is 7. The third-order valence-corrected chi connectivity index (χ3v) is 4.71. The number of benzene rings is 2. The van der Waals surface area contributed by atoms with Gasteiger partial charge in [0.15, 0.2) is 10.7 Å². The van der Waals surface area contributed by atoms with E-state index in [1.165, 1.54) is 16.6 Å². The molecule has 0 saturated heterocycles. The zero-order valence-electron chi connectivity index (χ0n) is 13.9. The van der Waals surface area contributed by atoms with Gasteiger partial charge < -0.3 is 4.74 Å². The molecule has 0 aliphatic carbocycles. The molecule has 3 rings (SSSR count). The molecule has 0 aliphatic rings. The van der Waals surface area contributed by atoms with E-state index in [2.05, 4.69) is 15.4 Å². The van der Waals surface area contributed by atoms with Crippen molar-refractivity contribution in [3.05, 3.63) is 71.4 Å². The summed E-state index contributed by atoms with van der Waals surface area (Å²) < 4.78 is 5.19. The number of methoxy groups -OCH3 is 1. The minimum absolute atomic E-state index is 0.0930. The van der Waals surface area contributed by atoms with Crippen molar-refractivity contribution in [1.82, 2.24) is 15.1 Å². The Bertz CT molecular complexity index is 928. The molecule has 2 aromatic carbocycles. The number of aromatic nitrogens is 3. The number of ether oxygens (including phenoxy) is 1. The summed E-state index contributed by atoms with van der Waals surface area (Å²) >= 11 is 7.02. The van der Waals surface area contributed by atoms with Crippen LogP contribution in [0.15, 0.2) is 64.7 Å². The smallest absolute Gasteiger partial charge is 0.275 e. The molecular weight excluding hydrogens is 372 g/mol. The third-order valence-electron chi connectivity index (χ3n) is 3.43. The zero-order valence-corrected chi connectivity index (χ0v) is 15.4. The summed E-state index contributed by atoms with van der Waals surface area (Å²) in [6.07, 6.45) is 1.62. The van der Waals surface area contributed by atoms with E-state index >= 15 is 0 Å². The SMILES string of the molecule is COc1cccc(C=Nn2nnc(C(=O)Cl)c2SCc2ccccc2)c1. The van der Waals surface area contributed by atoms with Crippen LogP contribution in [0.3, 0.4) is 0 Å². The van der Waals surface area contributed by atoms with E-state index in [9.17, 15) is 4.79 Å². The molecule has 6 nitrogen and oxygen atoms in total.